The summed E-state index contributed by atoms with van der Waals surface area (Å²) in [5, 5.41) is 13.1. The molecule has 0 bridgehead atoms. The summed E-state index contributed by atoms with van der Waals surface area (Å²) in [6.07, 6.45) is 0.109. The molecule has 0 fully saturated rings. The van der Waals surface area contributed by atoms with Gasteiger partial charge in [0.05, 0.1) is 18.4 Å². The van der Waals surface area contributed by atoms with Gasteiger partial charge in [0.25, 0.3) is 0 Å². The van der Waals surface area contributed by atoms with Crippen molar-refractivity contribution in [3.8, 4) is 5.75 Å². The molecule has 0 radical (unpaired) electrons. The van der Waals surface area contributed by atoms with Gasteiger partial charge in [-0.15, -0.1) is 0 Å². The van der Waals surface area contributed by atoms with Crippen LogP contribution in [0.5, 0.6) is 5.75 Å². The lowest BCUT2D eigenvalue weighted by Crippen LogP contribution is -2.15. The van der Waals surface area contributed by atoms with Crippen LogP contribution in [0.3, 0.4) is 0 Å². The lowest BCUT2D eigenvalue weighted by Gasteiger charge is -2.24. The summed E-state index contributed by atoms with van der Waals surface area (Å²) in [4.78, 5) is 0. The van der Waals surface area contributed by atoms with Crippen molar-refractivity contribution in [1.29, 1.82) is 0 Å². The molecule has 3 rings (SSSR count). The van der Waals surface area contributed by atoms with E-state index < -0.39 is 6.10 Å². The number of aliphatic hydroxyl groups excluding tert-OH is 1. The second-order valence-corrected chi connectivity index (χ2v) is 4.82. The maximum Gasteiger partial charge on any atom is 0.148 e. The average Bonchev–Trinajstić information content (AvgIpc) is 2.47. The molecule has 2 N–H and O–H groups in total. The zero-order valence-electron chi connectivity index (χ0n) is 11.0. The molecule has 2 aromatic carbocycles. The van der Waals surface area contributed by atoms with E-state index in [0.717, 1.165) is 11.3 Å². The average molecular weight is 273 g/mol. The van der Waals surface area contributed by atoms with Crippen LogP contribution in [0.25, 0.3) is 0 Å². The summed E-state index contributed by atoms with van der Waals surface area (Å²) in [6, 6.07) is 12.3. The number of aliphatic hydroxyl groups is 1. The van der Waals surface area contributed by atoms with Gasteiger partial charge in [0, 0.05) is 24.1 Å². The zero-order chi connectivity index (χ0) is 13.9. The molecule has 104 valence electrons. The van der Waals surface area contributed by atoms with Gasteiger partial charge in [-0.25, -0.2) is 4.39 Å². The highest BCUT2D eigenvalue weighted by Gasteiger charge is 2.21. The summed E-state index contributed by atoms with van der Waals surface area (Å²) >= 11 is 0. The Morgan fingerprint density at radius 1 is 1.20 bits per heavy atom. The number of hydrogen-bond acceptors (Lipinski definition) is 3. The first-order chi connectivity index (χ1) is 9.75. The Kier molecular flexibility index (Phi) is 3.56. The van der Waals surface area contributed by atoms with E-state index in [1.165, 1.54) is 6.07 Å². The molecule has 0 spiro atoms. The highest BCUT2D eigenvalue weighted by atomic mass is 19.1. The monoisotopic (exact) mass is 273 g/mol. The molecule has 1 aliphatic heterocycles. The summed E-state index contributed by atoms with van der Waals surface area (Å²) in [6.45, 7) is 0.870. The van der Waals surface area contributed by atoms with E-state index in [1.54, 1.807) is 18.2 Å². The minimum absolute atomic E-state index is 0.231. The quantitative estimate of drug-likeness (QED) is 0.902. The maximum atomic E-state index is 13.6. The molecule has 20 heavy (non-hydrogen) atoms. The van der Waals surface area contributed by atoms with Crippen molar-refractivity contribution in [1.82, 2.24) is 0 Å². The maximum absolute atomic E-state index is 13.6. The molecular formula is C16H16FNO2. The Balaban J connectivity index is 1.82. The van der Waals surface area contributed by atoms with Crippen molar-refractivity contribution >= 4 is 5.69 Å². The number of ether oxygens (including phenoxy) is 1. The van der Waals surface area contributed by atoms with E-state index >= 15 is 0 Å². The molecular weight excluding hydrogens is 257 g/mol. The molecule has 0 saturated heterocycles. The van der Waals surface area contributed by atoms with Gasteiger partial charge in [-0.2, -0.15) is 0 Å². The molecule has 3 nitrogen and oxygen atoms in total. The number of rotatable bonds is 3. The van der Waals surface area contributed by atoms with E-state index in [0.29, 0.717) is 30.9 Å². The third-order valence-corrected chi connectivity index (χ3v) is 3.47. The predicted octanol–water partition coefficient (Wildman–Crippen LogP) is 3.25. The van der Waals surface area contributed by atoms with Gasteiger partial charge in [-0.1, -0.05) is 30.3 Å². The van der Waals surface area contributed by atoms with Crippen LogP contribution in [0.2, 0.25) is 0 Å². The zero-order valence-corrected chi connectivity index (χ0v) is 11.0. The van der Waals surface area contributed by atoms with Crippen LogP contribution < -0.4 is 10.1 Å². The fraction of sp³-hybridized carbons (Fsp3) is 0.250. The minimum atomic E-state index is -0.492. The lowest BCUT2D eigenvalue weighted by molar-refractivity contribution is 0.116. The predicted molar refractivity (Wildman–Crippen MR) is 75.2 cm³/mol. The number of anilines is 1. The number of halogens is 1. The second kappa shape index (κ2) is 5.51. The van der Waals surface area contributed by atoms with Crippen LogP contribution in [-0.2, 0) is 6.54 Å². The van der Waals surface area contributed by atoms with Crippen molar-refractivity contribution in [2.45, 2.75) is 19.1 Å². The first-order valence-corrected chi connectivity index (χ1v) is 6.67. The fourth-order valence-electron chi connectivity index (χ4n) is 2.38. The van der Waals surface area contributed by atoms with Crippen LogP contribution in [0.15, 0.2) is 42.5 Å². The Bertz CT molecular complexity index is 615. The third-order valence-electron chi connectivity index (χ3n) is 3.47. The van der Waals surface area contributed by atoms with Crippen LogP contribution >= 0.6 is 0 Å². The van der Waals surface area contributed by atoms with Crippen LogP contribution in [0.4, 0.5) is 10.1 Å². The number of nitrogens with one attached hydrogen (secondary N) is 1. The van der Waals surface area contributed by atoms with Gasteiger partial charge in [0.15, 0.2) is 0 Å². The first kappa shape index (κ1) is 12.9. The summed E-state index contributed by atoms with van der Waals surface area (Å²) in [5.41, 5.74) is 2.17. The standard InChI is InChI=1S/C16H16FNO2/c17-13-6-2-1-4-11(13)10-18-14-7-3-5-12-15(19)8-9-20-16(12)14/h1-7,15,18-19H,8-10H2. The summed E-state index contributed by atoms with van der Waals surface area (Å²) < 4.78 is 19.2. The van der Waals surface area contributed by atoms with Gasteiger partial charge in [0.2, 0.25) is 0 Å². The van der Waals surface area contributed by atoms with Gasteiger partial charge < -0.3 is 15.2 Å². The Hall–Kier alpha value is -2.07. The normalized spacial score (nSPS) is 17.2. The molecule has 0 aliphatic carbocycles. The van der Waals surface area contributed by atoms with Gasteiger partial charge in [-0.3, -0.25) is 0 Å². The van der Waals surface area contributed by atoms with Gasteiger partial charge in [-0.05, 0) is 12.1 Å². The lowest BCUT2D eigenvalue weighted by atomic mass is 10.0. The topological polar surface area (TPSA) is 41.5 Å². The number of hydrogen-bond donors (Lipinski definition) is 2. The number of para-hydroxylation sites is 1. The van der Waals surface area contributed by atoms with E-state index in [2.05, 4.69) is 5.32 Å². The smallest absolute Gasteiger partial charge is 0.148 e. The van der Waals surface area contributed by atoms with Crippen molar-refractivity contribution in [2.24, 2.45) is 0 Å². The largest absolute Gasteiger partial charge is 0.491 e. The van der Waals surface area contributed by atoms with E-state index in [1.807, 2.05) is 18.2 Å². The Morgan fingerprint density at radius 2 is 2.05 bits per heavy atom. The molecule has 0 amide bonds. The Labute approximate surface area is 117 Å². The Morgan fingerprint density at radius 3 is 2.90 bits per heavy atom. The molecule has 0 saturated carbocycles. The molecule has 4 heteroatoms. The van der Waals surface area contributed by atoms with E-state index in [4.69, 9.17) is 4.74 Å². The van der Waals surface area contributed by atoms with E-state index in [-0.39, 0.29) is 5.82 Å². The van der Waals surface area contributed by atoms with Crippen LogP contribution in [0.1, 0.15) is 23.7 Å². The minimum Gasteiger partial charge on any atom is -0.491 e. The van der Waals surface area contributed by atoms with Crippen LogP contribution in [-0.4, -0.2) is 11.7 Å². The fourth-order valence-corrected chi connectivity index (χ4v) is 2.38. The SMILES string of the molecule is OC1CCOc2c(NCc3ccccc3F)cccc21. The molecule has 0 aromatic heterocycles. The molecule has 1 atom stereocenters. The molecule has 1 aliphatic rings. The molecule has 1 heterocycles. The third kappa shape index (κ3) is 2.47. The second-order valence-electron chi connectivity index (χ2n) is 4.82. The summed E-state index contributed by atoms with van der Waals surface area (Å²) in [5.74, 6) is 0.438. The molecule has 1 unspecified atom stereocenters. The van der Waals surface area contributed by atoms with Crippen molar-refractivity contribution in [3.05, 3.63) is 59.4 Å². The molecule has 2 aromatic rings. The van der Waals surface area contributed by atoms with Crippen molar-refractivity contribution in [2.75, 3.05) is 11.9 Å². The highest BCUT2D eigenvalue weighted by molar-refractivity contribution is 5.61. The number of fused-ring (bicyclic) bond motifs is 1. The highest BCUT2D eigenvalue weighted by Crippen LogP contribution is 2.37. The summed E-state index contributed by atoms with van der Waals surface area (Å²) in [7, 11) is 0. The van der Waals surface area contributed by atoms with Gasteiger partial charge >= 0.3 is 0 Å². The van der Waals surface area contributed by atoms with Crippen molar-refractivity contribution < 1.29 is 14.2 Å². The van der Waals surface area contributed by atoms with E-state index in [9.17, 15) is 9.50 Å². The number of benzene rings is 2. The van der Waals surface area contributed by atoms with Crippen LogP contribution in [0, 0.1) is 5.82 Å². The first-order valence-electron chi connectivity index (χ1n) is 6.67. The van der Waals surface area contributed by atoms with Crippen molar-refractivity contribution in [3.63, 3.8) is 0 Å². The van der Waals surface area contributed by atoms with Gasteiger partial charge in [0.1, 0.15) is 11.6 Å².